The van der Waals surface area contributed by atoms with Crippen LogP contribution in [0.5, 0.6) is 0 Å². The summed E-state index contributed by atoms with van der Waals surface area (Å²) in [6.07, 6.45) is 1.32. The molecular formula is C8H10N2O3. The van der Waals surface area contributed by atoms with Crippen LogP contribution in [0.1, 0.15) is 17.3 Å². The van der Waals surface area contributed by atoms with Crippen molar-refractivity contribution < 1.29 is 9.53 Å². The van der Waals surface area contributed by atoms with Crippen LogP contribution in [0.3, 0.4) is 0 Å². The Morgan fingerprint density at radius 1 is 1.69 bits per heavy atom. The van der Waals surface area contributed by atoms with E-state index in [-0.39, 0.29) is 12.2 Å². The zero-order valence-electron chi connectivity index (χ0n) is 7.16. The first-order chi connectivity index (χ1) is 6.15. The molecule has 0 amide bonds. The lowest BCUT2D eigenvalue weighted by Gasteiger charge is -2.00. The van der Waals surface area contributed by atoms with Crippen LogP contribution in [0.15, 0.2) is 17.1 Å². The van der Waals surface area contributed by atoms with E-state index in [0.717, 1.165) is 0 Å². The summed E-state index contributed by atoms with van der Waals surface area (Å²) in [6, 6.07) is 1.29. The first-order valence-electron chi connectivity index (χ1n) is 3.80. The summed E-state index contributed by atoms with van der Waals surface area (Å²) in [5.74, 6) is -0.656. The zero-order chi connectivity index (χ0) is 9.84. The number of carbonyl (C=O) groups is 1. The van der Waals surface area contributed by atoms with Crippen molar-refractivity contribution in [3.63, 3.8) is 0 Å². The molecule has 70 valence electrons. The van der Waals surface area contributed by atoms with Gasteiger partial charge in [0.2, 0.25) is 0 Å². The first-order valence-corrected chi connectivity index (χ1v) is 3.80. The highest BCUT2D eigenvalue weighted by atomic mass is 16.5. The SMILES string of the molecule is CCOC(=O)c1cc(N)c[nH]c1=O. The summed E-state index contributed by atoms with van der Waals surface area (Å²) >= 11 is 0. The Balaban J connectivity index is 3.06. The van der Waals surface area contributed by atoms with Crippen molar-refractivity contribution in [3.05, 3.63) is 28.2 Å². The van der Waals surface area contributed by atoms with Crippen LogP contribution in [0.4, 0.5) is 5.69 Å². The second kappa shape index (κ2) is 3.75. The van der Waals surface area contributed by atoms with Crippen molar-refractivity contribution in [2.45, 2.75) is 6.92 Å². The van der Waals surface area contributed by atoms with E-state index < -0.39 is 11.5 Å². The molecule has 0 aliphatic rings. The molecule has 0 aromatic carbocycles. The maximum atomic E-state index is 11.1. The quantitative estimate of drug-likeness (QED) is 0.637. The number of pyridine rings is 1. The van der Waals surface area contributed by atoms with Gasteiger partial charge in [0.25, 0.3) is 5.56 Å². The average molecular weight is 182 g/mol. The summed E-state index contributed by atoms with van der Waals surface area (Å²) in [5, 5.41) is 0. The van der Waals surface area contributed by atoms with Crippen molar-refractivity contribution in [2.75, 3.05) is 12.3 Å². The molecule has 1 aromatic heterocycles. The Morgan fingerprint density at radius 2 is 2.38 bits per heavy atom. The fraction of sp³-hybridized carbons (Fsp3) is 0.250. The van der Waals surface area contributed by atoms with E-state index in [1.807, 2.05) is 0 Å². The summed E-state index contributed by atoms with van der Waals surface area (Å²) in [5.41, 5.74) is 5.14. The summed E-state index contributed by atoms with van der Waals surface area (Å²) in [7, 11) is 0. The minimum atomic E-state index is -0.656. The highest BCUT2D eigenvalue weighted by molar-refractivity contribution is 5.89. The van der Waals surface area contributed by atoms with E-state index >= 15 is 0 Å². The standard InChI is InChI=1S/C8H10N2O3/c1-2-13-8(12)6-3-5(9)4-10-7(6)11/h3-4H,2,9H2,1H3,(H,10,11). The van der Waals surface area contributed by atoms with Crippen LogP contribution >= 0.6 is 0 Å². The lowest BCUT2D eigenvalue weighted by atomic mass is 10.2. The molecule has 5 nitrogen and oxygen atoms in total. The molecular weight excluding hydrogens is 172 g/mol. The monoisotopic (exact) mass is 182 g/mol. The summed E-state index contributed by atoms with van der Waals surface area (Å²) in [4.78, 5) is 24.5. The average Bonchev–Trinajstić information content (AvgIpc) is 2.09. The number of rotatable bonds is 2. The number of hydrogen-bond acceptors (Lipinski definition) is 4. The molecule has 0 bridgehead atoms. The fourth-order valence-electron chi connectivity index (χ4n) is 0.861. The molecule has 0 saturated carbocycles. The number of nitrogens with two attached hydrogens (primary N) is 1. The minimum absolute atomic E-state index is 0.0677. The van der Waals surface area contributed by atoms with Crippen LogP contribution in [0, 0.1) is 0 Å². The molecule has 1 aromatic rings. The molecule has 13 heavy (non-hydrogen) atoms. The summed E-state index contributed by atoms with van der Waals surface area (Å²) < 4.78 is 4.65. The van der Waals surface area contributed by atoms with Crippen molar-refractivity contribution >= 4 is 11.7 Å². The van der Waals surface area contributed by atoms with Crippen molar-refractivity contribution in [3.8, 4) is 0 Å². The molecule has 5 heteroatoms. The maximum Gasteiger partial charge on any atom is 0.343 e. The van der Waals surface area contributed by atoms with Crippen LogP contribution in [-0.2, 0) is 4.74 Å². The molecule has 0 spiro atoms. The van der Waals surface area contributed by atoms with E-state index in [1.54, 1.807) is 6.92 Å². The largest absolute Gasteiger partial charge is 0.462 e. The number of aromatic nitrogens is 1. The second-order valence-corrected chi connectivity index (χ2v) is 2.40. The Kier molecular flexibility index (Phi) is 2.69. The topological polar surface area (TPSA) is 85.2 Å². The van der Waals surface area contributed by atoms with Crippen molar-refractivity contribution in [2.24, 2.45) is 0 Å². The van der Waals surface area contributed by atoms with Gasteiger partial charge in [-0.2, -0.15) is 0 Å². The number of aromatic amines is 1. The molecule has 0 unspecified atom stereocenters. The van der Waals surface area contributed by atoms with Gasteiger partial charge in [0.15, 0.2) is 0 Å². The zero-order valence-corrected chi connectivity index (χ0v) is 7.16. The van der Waals surface area contributed by atoms with Gasteiger partial charge in [-0.25, -0.2) is 4.79 Å². The number of anilines is 1. The molecule has 0 aliphatic carbocycles. The molecule has 0 radical (unpaired) electrons. The van der Waals surface area contributed by atoms with E-state index in [9.17, 15) is 9.59 Å². The lowest BCUT2D eigenvalue weighted by Crippen LogP contribution is -2.19. The third-order valence-corrected chi connectivity index (χ3v) is 1.42. The Labute approximate surface area is 74.5 Å². The highest BCUT2D eigenvalue weighted by Gasteiger charge is 2.10. The first kappa shape index (κ1) is 9.31. The second-order valence-electron chi connectivity index (χ2n) is 2.40. The Hall–Kier alpha value is -1.78. The van der Waals surface area contributed by atoms with Crippen molar-refractivity contribution in [1.82, 2.24) is 4.98 Å². The third kappa shape index (κ3) is 2.08. The van der Waals surface area contributed by atoms with Crippen LogP contribution in [0.2, 0.25) is 0 Å². The number of carbonyl (C=O) groups excluding carboxylic acids is 1. The number of H-pyrrole nitrogens is 1. The van der Waals surface area contributed by atoms with Crippen molar-refractivity contribution in [1.29, 1.82) is 0 Å². The number of esters is 1. The number of hydrogen-bond donors (Lipinski definition) is 2. The number of ether oxygens (including phenoxy) is 1. The summed E-state index contributed by atoms with van der Waals surface area (Å²) in [6.45, 7) is 1.89. The third-order valence-electron chi connectivity index (χ3n) is 1.42. The van der Waals surface area contributed by atoms with Gasteiger partial charge in [0.1, 0.15) is 5.56 Å². The predicted molar refractivity (Wildman–Crippen MR) is 47.4 cm³/mol. The van der Waals surface area contributed by atoms with Crippen LogP contribution in [0.25, 0.3) is 0 Å². The maximum absolute atomic E-state index is 11.1. The molecule has 1 rings (SSSR count). The minimum Gasteiger partial charge on any atom is -0.462 e. The van der Waals surface area contributed by atoms with Gasteiger partial charge in [-0.1, -0.05) is 0 Å². The van der Waals surface area contributed by atoms with Gasteiger partial charge in [0.05, 0.1) is 6.61 Å². The fourth-order valence-corrected chi connectivity index (χ4v) is 0.861. The van der Waals surface area contributed by atoms with E-state index in [0.29, 0.717) is 5.69 Å². The normalized spacial score (nSPS) is 9.62. The number of nitrogens with one attached hydrogen (secondary N) is 1. The van der Waals surface area contributed by atoms with Gasteiger partial charge in [0, 0.05) is 11.9 Å². The van der Waals surface area contributed by atoms with Gasteiger partial charge in [-0.3, -0.25) is 4.79 Å². The molecule has 3 N–H and O–H groups in total. The lowest BCUT2D eigenvalue weighted by molar-refractivity contribution is 0.0524. The molecule has 0 atom stereocenters. The van der Waals surface area contributed by atoms with Gasteiger partial charge < -0.3 is 15.5 Å². The smallest absolute Gasteiger partial charge is 0.343 e. The van der Waals surface area contributed by atoms with E-state index in [4.69, 9.17) is 5.73 Å². The van der Waals surface area contributed by atoms with E-state index in [1.165, 1.54) is 12.3 Å². The van der Waals surface area contributed by atoms with Gasteiger partial charge >= 0.3 is 5.97 Å². The van der Waals surface area contributed by atoms with Crippen LogP contribution in [-0.4, -0.2) is 17.6 Å². The molecule has 0 saturated heterocycles. The highest BCUT2D eigenvalue weighted by Crippen LogP contribution is 2.00. The molecule has 0 aliphatic heterocycles. The molecule has 0 fully saturated rings. The van der Waals surface area contributed by atoms with Crippen LogP contribution < -0.4 is 11.3 Å². The Bertz CT molecular complexity index is 370. The van der Waals surface area contributed by atoms with Gasteiger partial charge in [-0.05, 0) is 13.0 Å². The van der Waals surface area contributed by atoms with Gasteiger partial charge in [-0.15, -0.1) is 0 Å². The number of nitrogen functional groups attached to an aromatic ring is 1. The Morgan fingerprint density at radius 3 is 3.00 bits per heavy atom. The molecule has 1 heterocycles. The van der Waals surface area contributed by atoms with E-state index in [2.05, 4.69) is 9.72 Å². The predicted octanol–water partition coefficient (Wildman–Crippen LogP) is 0.134.